The Balaban J connectivity index is 1.61. The third-order valence-corrected chi connectivity index (χ3v) is 3.76. The van der Waals surface area contributed by atoms with Gasteiger partial charge in [0.15, 0.2) is 11.5 Å². The van der Waals surface area contributed by atoms with E-state index in [1.807, 2.05) is 56.3 Å². The number of fused-ring (bicyclic) bond motifs is 1. The molecule has 2 aromatic carbocycles. The Kier molecular flexibility index (Phi) is 4.33. The van der Waals surface area contributed by atoms with Crippen LogP contribution in [0.5, 0.6) is 11.5 Å². The zero-order chi connectivity index (χ0) is 16.2. The topological polar surface area (TPSA) is 47.6 Å². The molecule has 4 nitrogen and oxygen atoms in total. The second-order valence-electron chi connectivity index (χ2n) is 5.59. The van der Waals surface area contributed by atoms with Gasteiger partial charge in [-0.15, -0.1) is 0 Å². The van der Waals surface area contributed by atoms with E-state index in [1.165, 1.54) is 11.6 Å². The lowest BCUT2D eigenvalue weighted by Crippen LogP contribution is -2.24. The molecule has 1 amide bonds. The van der Waals surface area contributed by atoms with Crippen molar-refractivity contribution in [2.75, 3.05) is 6.79 Å². The van der Waals surface area contributed by atoms with Crippen molar-refractivity contribution in [1.82, 2.24) is 5.32 Å². The van der Waals surface area contributed by atoms with E-state index in [-0.39, 0.29) is 18.7 Å². The van der Waals surface area contributed by atoms with E-state index in [0.717, 1.165) is 16.9 Å². The molecule has 0 spiro atoms. The molecule has 1 atom stereocenters. The molecule has 1 aliphatic rings. The molecule has 0 fully saturated rings. The van der Waals surface area contributed by atoms with Crippen molar-refractivity contribution >= 4 is 12.0 Å². The third-order valence-electron chi connectivity index (χ3n) is 3.76. The summed E-state index contributed by atoms with van der Waals surface area (Å²) in [5, 5.41) is 2.96. The number of amides is 1. The molecular formula is C19H19NO3. The molecule has 0 saturated heterocycles. The van der Waals surface area contributed by atoms with Crippen molar-refractivity contribution in [2.24, 2.45) is 0 Å². The standard InChI is InChI=1S/C19H19NO3/c1-13-3-7-16(8-4-13)14(2)20-19(21)10-6-15-5-9-17-18(11-15)23-12-22-17/h3-11,14H,12H2,1-2H3,(H,20,21)/b10-6+. The van der Waals surface area contributed by atoms with Crippen molar-refractivity contribution in [3.8, 4) is 11.5 Å². The highest BCUT2D eigenvalue weighted by Gasteiger charge is 2.12. The smallest absolute Gasteiger partial charge is 0.244 e. The van der Waals surface area contributed by atoms with Gasteiger partial charge in [0, 0.05) is 6.08 Å². The number of ether oxygens (including phenoxy) is 2. The average molecular weight is 309 g/mol. The van der Waals surface area contributed by atoms with Gasteiger partial charge in [0.05, 0.1) is 6.04 Å². The average Bonchev–Trinajstić information content (AvgIpc) is 3.01. The second-order valence-corrected chi connectivity index (χ2v) is 5.59. The van der Waals surface area contributed by atoms with E-state index in [0.29, 0.717) is 5.75 Å². The van der Waals surface area contributed by atoms with E-state index in [1.54, 1.807) is 6.08 Å². The van der Waals surface area contributed by atoms with Crippen LogP contribution in [0.2, 0.25) is 0 Å². The summed E-state index contributed by atoms with van der Waals surface area (Å²) in [5.74, 6) is 1.32. The normalized spacial score (nSPS) is 14.0. The number of hydrogen-bond donors (Lipinski definition) is 1. The summed E-state index contributed by atoms with van der Waals surface area (Å²) < 4.78 is 10.6. The van der Waals surface area contributed by atoms with Crippen LogP contribution in [0.1, 0.15) is 29.7 Å². The molecule has 1 unspecified atom stereocenters. The van der Waals surface area contributed by atoms with E-state index >= 15 is 0 Å². The zero-order valence-corrected chi connectivity index (χ0v) is 13.2. The maximum Gasteiger partial charge on any atom is 0.244 e. The van der Waals surface area contributed by atoms with Crippen LogP contribution in [0, 0.1) is 6.92 Å². The van der Waals surface area contributed by atoms with Crippen molar-refractivity contribution in [3.63, 3.8) is 0 Å². The first-order chi connectivity index (χ1) is 11.1. The first-order valence-corrected chi connectivity index (χ1v) is 7.56. The van der Waals surface area contributed by atoms with Crippen LogP contribution < -0.4 is 14.8 Å². The van der Waals surface area contributed by atoms with Gasteiger partial charge in [-0.25, -0.2) is 0 Å². The summed E-state index contributed by atoms with van der Waals surface area (Å²) in [5.41, 5.74) is 3.18. The highest BCUT2D eigenvalue weighted by atomic mass is 16.7. The Morgan fingerprint density at radius 1 is 1.13 bits per heavy atom. The molecule has 23 heavy (non-hydrogen) atoms. The molecule has 2 aromatic rings. The van der Waals surface area contributed by atoms with Crippen molar-refractivity contribution < 1.29 is 14.3 Å². The maximum absolute atomic E-state index is 12.0. The molecule has 118 valence electrons. The molecule has 3 rings (SSSR count). The molecule has 1 heterocycles. The minimum Gasteiger partial charge on any atom is -0.454 e. The minimum atomic E-state index is -0.129. The maximum atomic E-state index is 12.0. The molecule has 1 aliphatic heterocycles. The van der Waals surface area contributed by atoms with Crippen LogP contribution >= 0.6 is 0 Å². The first-order valence-electron chi connectivity index (χ1n) is 7.56. The van der Waals surface area contributed by atoms with E-state index < -0.39 is 0 Å². The van der Waals surface area contributed by atoms with Gasteiger partial charge < -0.3 is 14.8 Å². The fraction of sp³-hybridized carbons (Fsp3) is 0.211. The number of rotatable bonds is 4. The number of nitrogens with one attached hydrogen (secondary N) is 1. The van der Waals surface area contributed by atoms with Gasteiger partial charge >= 0.3 is 0 Å². The number of hydrogen-bond acceptors (Lipinski definition) is 3. The Hall–Kier alpha value is -2.75. The van der Waals surface area contributed by atoms with Crippen LogP contribution in [-0.2, 0) is 4.79 Å². The molecule has 0 aliphatic carbocycles. The Labute approximate surface area is 135 Å². The number of carbonyl (C=O) groups is 1. The van der Waals surface area contributed by atoms with Gasteiger partial charge in [-0.2, -0.15) is 0 Å². The van der Waals surface area contributed by atoms with Crippen LogP contribution in [0.15, 0.2) is 48.5 Å². The van der Waals surface area contributed by atoms with Gasteiger partial charge in [-0.1, -0.05) is 35.9 Å². The molecule has 4 heteroatoms. The predicted molar refractivity (Wildman–Crippen MR) is 89.3 cm³/mol. The van der Waals surface area contributed by atoms with Gasteiger partial charge in [0.2, 0.25) is 12.7 Å². The molecule has 0 radical (unpaired) electrons. The highest BCUT2D eigenvalue weighted by Crippen LogP contribution is 2.32. The lowest BCUT2D eigenvalue weighted by Gasteiger charge is -2.13. The molecule has 0 saturated carbocycles. The Morgan fingerprint density at radius 3 is 2.65 bits per heavy atom. The zero-order valence-electron chi connectivity index (χ0n) is 13.2. The summed E-state index contributed by atoms with van der Waals surface area (Å²) in [6.45, 7) is 4.26. The SMILES string of the molecule is Cc1ccc(C(C)NC(=O)/C=C/c2ccc3c(c2)OCO3)cc1. The van der Waals surface area contributed by atoms with Gasteiger partial charge in [-0.3, -0.25) is 4.79 Å². The largest absolute Gasteiger partial charge is 0.454 e. The van der Waals surface area contributed by atoms with Crippen LogP contribution in [0.25, 0.3) is 6.08 Å². The lowest BCUT2D eigenvalue weighted by atomic mass is 10.1. The molecule has 0 bridgehead atoms. The lowest BCUT2D eigenvalue weighted by molar-refractivity contribution is -0.117. The van der Waals surface area contributed by atoms with Crippen LogP contribution in [-0.4, -0.2) is 12.7 Å². The number of carbonyl (C=O) groups excluding carboxylic acids is 1. The first kappa shape index (κ1) is 15.2. The fourth-order valence-corrected chi connectivity index (χ4v) is 2.39. The number of aryl methyl sites for hydroxylation is 1. The van der Waals surface area contributed by atoms with Crippen LogP contribution in [0.4, 0.5) is 0 Å². The quantitative estimate of drug-likeness (QED) is 0.878. The van der Waals surface area contributed by atoms with E-state index in [4.69, 9.17) is 9.47 Å². The summed E-state index contributed by atoms with van der Waals surface area (Å²) in [6, 6.07) is 13.7. The Morgan fingerprint density at radius 2 is 1.87 bits per heavy atom. The number of benzene rings is 2. The molecule has 0 aromatic heterocycles. The summed E-state index contributed by atoms with van der Waals surface area (Å²) in [6.07, 6.45) is 3.29. The minimum absolute atomic E-state index is 0.0375. The van der Waals surface area contributed by atoms with E-state index in [2.05, 4.69) is 5.32 Å². The van der Waals surface area contributed by atoms with Crippen LogP contribution in [0.3, 0.4) is 0 Å². The van der Waals surface area contributed by atoms with Crippen molar-refractivity contribution in [2.45, 2.75) is 19.9 Å². The third kappa shape index (κ3) is 3.72. The fourth-order valence-electron chi connectivity index (χ4n) is 2.39. The van der Waals surface area contributed by atoms with Gasteiger partial charge in [-0.05, 0) is 43.2 Å². The molecular weight excluding hydrogens is 290 g/mol. The van der Waals surface area contributed by atoms with E-state index in [9.17, 15) is 4.79 Å². The highest BCUT2D eigenvalue weighted by molar-refractivity contribution is 5.92. The predicted octanol–water partition coefficient (Wildman–Crippen LogP) is 3.61. The summed E-state index contributed by atoms with van der Waals surface area (Å²) in [4.78, 5) is 12.0. The van der Waals surface area contributed by atoms with Gasteiger partial charge in [0.1, 0.15) is 0 Å². The summed E-state index contributed by atoms with van der Waals surface area (Å²) >= 11 is 0. The van der Waals surface area contributed by atoms with Gasteiger partial charge in [0.25, 0.3) is 0 Å². The monoisotopic (exact) mass is 309 g/mol. The van der Waals surface area contributed by atoms with Crippen molar-refractivity contribution in [3.05, 3.63) is 65.2 Å². The Bertz CT molecular complexity index is 735. The summed E-state index contributed by atoms with van der Waals surface area (Å²) in [7, 11) is 0. The van der Waals surface area contributed by atoms with Crippen molar-refractivity contribution in [1.29, 1.82) is 0 Å². The molecule has 1 N–H and O–H groups in total. The second kappa shape index (κ2) is 6.57.